The van der Waals surface area contributed by atoms with Gasteiger partial charge in [-0.3, -0.25) is 4.79 Å². The Morgan fingerprint density at radius 2 is 1.69 bits per heavy atom. The first-order chi connectivity index (χ1) is 14.1. The summed E-state index contributed by atoms with van der Waals surface area (Å²) in [5.74, 6) is 0.201. The van der Waals surface area contributed by atoms with E-state index in [2.05, 4.69) is 34.8 Å². The quantitative estimate of drug-likeness (QED) is 0.443. The van der Waals surface area contributed by atoms with E-state index in [9.17, 15) is 9.90 Å². The molecule has 1 aliphatic carbocycles. The highest BCUT2D eigenvalue weighted by Gasteiger charge is 2.16. The van der Waals surface area contributed by atoms with Gasteiger partial charge in [0.2, 0.25) is 0 Å². The van der Waals surface area contributed by atoms with Gasteiger partial charge in [0.15, 0.2) is 0 Å². The first kappa shape index (κ1) is 19.2. The molecule has 4 nitrogen and oxygen atoms in total. The number of benzene rings is 3. The van der Waals surface area contributed by atoms with E-state index in [4.69, 9.17) is 0 Å². The topological polar surface area (TPSA) is 61.7 Å². The second-order valence-corrected chi connectivity index (χ2v) is 7.78. The lowest BCUT2D eigenvalue weighted by Gasteiger charge is -2.22. The zero-order valence-corrected chi connectivity index (χ0v) is 16.7. The molecule has 1 fully saturated rings. The average molecular weight is 386 g/mol. The smallest absolute Gasteiger partial charge is 0.275 e. The van der Waals surface area contributed by atoms with Crippen molar-refractivity contribution in [2.24, 2.45) is 5.10 Å². The maximum atomic E-state index is 12.7. The molecule has 4 rings (SSSR count). The Morgan fingerprint density at radius 3 is 2.45 bits per heavy atom. The number of nitrogens with zero attached hydrogens (tertiary/aromatic N) is 1. The Hall–Kier alpha value is -3.14. The number of hydrogen-bond donors (Lipinski definition) is 2. The molecule has 0 atom stereocenters. The number of rotatable bonds is 4. The third-order valence-corrected chi connectivity index (χ3v) is 5.86. The number of phenols is 1. The summed E-state index contributed by atoms with van der Waals surface area (Å²) in [5.41, 5.74) is 5.94. The lowest BCUT2D eigenvalue weighted by molar-refractivity contribution is 0.0954. The van der Waals surface area contributed by atoms with E-state index in [0.717, 1.165) is 16.7 Å². The summed E-state index contributed by atoms with van der Waals surface area (Å²) in [6.45, 7) is 1.87. The fraction of sp³-hybridized carbons (Fsp3) is 0.280. The highest BCUT2D eigenvalue weighted by Crippen LogP contribution is 2.32. The molecule has 0 radical (unpaired) electrons. The molecule has 3 aromatic rings. The van der Waals surface area contributed by atoms with Gasteiger partial charge < -0.3 is 5.11 Å². The molecule has 1 saturated carbocycles. The zero-order chi connectivity index (χ0) is 20.2. The SMILES string of the molecule is C/C(=N\NC(=O)c1c(O)ccc2ccccc12)c1ccc(C2CCCCC2)cc1. The Labute approximate surface area is 171 Å². The molecule has 0 heterocycles. The zero-order valence-electron chi connectivity index (χ0n) is 16.7. The van der Waals surface area contributed by atoms with Crippen LogP contribution in [-0.2, 0) is 0 Å². The number of amides is 1. The minimum atomic E-state index is -0.419. The van der Waals surface area contributed by atoms with Crippen LogP contribution >= 0.6 is 0 Å². The lowest BCUT2D eigenvalue weighted by Crippen LogP contribution is -2.20. The summed E-state index contributed by atoms with van der Waals surface area (Å²) in [7, 11) is 0. The van der Waals surface area contributed by atoms with Crippen LogP contribution in [0.5, 0.6) is 5.75 Å². The Morgan fingerprint density at radius 1 is 0.966 bits per heavy atom. The molecule has 0 bridgehead atoms. The van der Waals surface area contributed by atoms with Crippen LogP contribution in [-0.4, -0.2) is 16.7 Å². The molecule has 1 aliphatic rings. The normalized spacial score (nSPS) is 15.4. The first-order valence-electron chi connectivity index (χ1n) is 10.3. The van der Waals surface area contributed by atoms with Gasteiger partial charge in [-0.2, -0.15) is 5.10 Å². The van der Waals surface area contributed by atoms with Crippen molar-refractivity contribution in [2.45, 2.75) is 44.9 Å². The van der Waals surface area contributed by atoms with Gasteiger partial charge in [0.05, 0.1) is 11.3 Å². The van der Waals surface area contributed by atoms with E-state index < -0.39 is 5.91 Å². The number of aromatic hydroxyl groups is 1. The van der Waals surface area contributed by atoms with Gasteiger partial charge in [0, 0.05) is 0 Å². The van der Waals surface area contributed by atoms with E-state index in [1.54, 1.807) is 6.07 Å². The van der Waals surface area contributed by atoms with Crippen molar-refractivity contribution in [2.75, 3.05) is 0 Å². The Bertz CT molecular complexity index is 1050. The van der Waals surface area contributed by atoms with Crippen molar-refractivity contribution < 1.29 is 9.90 Å². The molecule has 4 heteroatoms. The van der Waals surface area contributed by atoms with Crippen molar-refractivity contribution >= 4 is 22.4 Å². The minimum absolute atomic E-state index is 0.0501. The van der Waals surface area contributed by atoms with Gasteiger partial charge in [-0.15, -0.1) is 0 Å². The van der Waals surface area contributed by atoms with Gasteiger partial charge in [-0.1, -0.05) is 73.9 Å². The average Bonchev–Trinajstić information content (AvgIpc) is 2.78. The monoisotopic (exact) mass is 386 g/mol. The van der Waals surface area contributed by atoms with E-state index >= 15 is 0 Å². The van der Waals surface area contributed by atoms with Crippen LogP contribution in [0.3, 0.4) is 0 Å². The maximum Gasteiger partial charge on any atom is 0.275 e. The number of carbonyl (C=O) groups is 1. The lowest BCUT2D eigenvalue weighted by atomic mass is 9.84. The van der Waals surface area contributed by atoms with Crippen LogP contribution < -0.4 is 5.43 Å². The predicted molar refractivity (Wildman–Crippen MR) is 118 cm³/mol. The second kappa shape index (κ2) is 8.48. The van der Waals surface area contributed by atoms with Crippen molar-refractivity contribution in [1.29, 1.82) is 0 Å². The maximum absolute atomic E-state index is 12.7. The van der Waals surface area contributed by atoms with Gasteiger partial charge in [-0.25, -0.2) is 5.43 Å². The Balaban J connectivity index is 1.50. The van der Waals surface area contributed by atoms with Crippen LogP contribution in [0.15, 0.2) is 65.8 Å². The van der Waals surface area contributed by atoms with Gasteiger partial charge >= 0.3 is 0 Å². The van der Waals surface area contributed by atoms with Crippen molar-refractivity contribution in [1.82, 2.24) is 5.43 Å². The van der Waals surface area contributed by atoms with E-state index in [1.165, 1.54) is 43.7 Å². The Kier molecular flexibility index (Phi) is 5.61. The molecule has 0 aromatic heterocycles. The molecule has 0 spiro atoms. The van der Waals surface area contributed by atoms with Crippen LogP contribution in [0.2, 0.25) is 0 Å². The highest BCUT2D eigenvalue weighted by molar-refractivity contribution is 6.10. The summed E-state index contributed by atoms with van der Waals surface area (Å²) in [5, 5.41) is 16.1. The van der Waals surface area contributed by atoms with Crippen molar-refractivity contribution in [3.05, 3.63) is 77.4 Å². The van der Waals surface area contributed by atoms with E-state index in [-0.39, 0.29) is 11.3 Å². The first-order valence-corrected chi connectivity index (χ1v) is 10.3. The summed E-state index contributed by atoms with van der Waals surface area (Å²) >= 11 is 0. The third-order valence-electron chi connectivity index (χ3n) is 5.86. The molecule has 3 aromatic carbocycles. The molecular formula is C25H26N2O2. The third kappa shape index (κ3) is 4.16. The minimum Gasteiger partial charge on any atom is -0.507 e. The summed E-state index contributed by atoms with van der Waals surface area (Å²) in [6, 6.07) is 19.3. The molecule has 2 N–H and O–H groups in total. The molecule has 0 unspecified atom stereocenters. The molecule has 0 saturated heterocycles. The molecule has 148 valence electrons. The van der Waals surface area contributed by atoms with Crippen molar-refractivity contribution in [3.63, 3.8) is 0 Å². The molecule has 1 amide bonds. The number of phenolic OH excluding ortho intramolecular Hbond substituents is 1. The number of carbonyl (C=O) groups excluding carboxylic acids is 1. The van der Waals surface area contributed by atoms with Gasteiger partial charge in [0.1, 0.15) is 5.75 Å². The largest absolute Gasteiger partial charge is 0.507 e. The number of fused-ring (bicyclic) bond motifs is 1. The van der Waals surface area contributed by atoms with Gasteiger partial charge in [0.25, 0.3) is 5.91 Å². The molecule has 29 heavy (non-hydrogen) atoms. The highest BCUT2D eigenvalue weighted by atomic mass is 16.3. The fourth-order valence-electron chi connectivity index (χ4n) is 4.19. The van der Waals surface area contributed by atoms with Crippen LogP contribution in [0.4, 0.5) is 0 Å². The summed E-state index contributed by atoms with van der Waals surface area (Å²) in [4.78, 5) is 12.7. The summed E-state index contributed by atoms with van der Waals surface area (Å²) < 4.78 is 0. The number of hydrogen-bond acceptors (Lipinski definition) is 3. The van der Waals surface area contributed by atoms with E-state index in [1.807, 2.05) is 31.2 Å². The second-order valence-electron chi connectivity index (χ2n) is 7.78. The molecule has 0 aliphatic heterocycles. The fourth-order valence-corrected chi connectivity index (χ4v) is 4.19. The van der Waals surface area contributed by atoms with E-state index in [0.29, 0.717) is 11.3 Å². The predicted octanol–water partition coefficient (Wildman–Crippen LogP) is 5.75. The van der Waals surface area contributed by atoms with Crippen molar-refractivity contribution in [3.8, 4) is 5.75 Å². The number of hydrazone groups is 1. The van der Waals surface area contributed by atoms with Crippen LogP contribution in [0.1, 0.15) is 66.4 Å². The molecular weight excluding hydrogens is 360 g/mol. The van der Waals surface area contributed by atoms with Crippen LogP contribution in [0, 0.1) is 0 Å². The summed E-state index contributed by atoms with van der Waals surface area (Å²) in [6.07, 6.45) is 6.54. The van der Waals surface area contributed by atoms with Crippen LogP contribution in [0.25, 0.3) is 10.8 Å². The standard InChI is InChI=1S/C25H26N2O2/c1-17(18-11-13-20(14-12-18)19-7-3-2-4-8-19)26-27-25(29)24-22-10-6-5-9-21(22)15-16-23(24)28/h5-6,9-16,19,28H,2-4,7-8H2,1H3,(H,27,29)/b26-17+. The van der Waals surface area contributed by atoms with Gasteiger partial charge in [-0.05, 0) is 53.6 Å². The number of nitrogens with one attached hydrogen (secondary N) is 1.